The molecule has 134 valence electrons. The molecular formula is C22H19N3O2. The number of benzene rings is 2. The molecule has 4 rings (SSSR count). The van der Waals surface area contributed by atoms with Gasteiger partial charge in [-0.2, -0.15) is 0 Å². The first-order valence-electron chi connectivity index (χ1n) is 8.74. The Morgan fingerprint density at radius 3 is 2.56 bits per heavy atom. The van der Waals surface area contributed by atoms with Gasteiger partial charge >= 0.3 is 0 Å². The van der Waals surface area contributed by atoms with E-state index in [4.69, 9.17) is 4.52 Å². The van der Waals surface area contributed by atoms with Crippen molar-refractivity contribution in [1.29, 1.82) is 0 Å². The van der Waals surface area contributed by atoms with E-state index in [0.717, 1.165) is 22.4 Å². The molecule has 0 radical (unpaired) electrons. The molecule has 5 nitrogen and oxygen atoms in total. The van der Waals surface area contributed by atoms with Gasteiger partial charge in [-0.05, 0) is 44.0 Å². The van der Waals surface area contributed by atoms with Crippen LogP contribution < -0.4 is 5.32 Å². The molecule has 0 saturated carbocycles. The highest BCUT2D eigenvalue weighted by Crippen LogP contribution is 2.28. The van der Waals surface area contributed by atoms with Crippen LogP contribution in [-0.2, 0) is 0 Å². The highest BCUT2D eigenvalue weighted by molar-refractivity contribution is 6.13. The smallest absolute Gasteiger partial charge is 0.259 e. The molecule has 0 aliphatic carbocycles. The van der Waals surface area contributed by atoms with Crippen LogP contribution in [0.25, 0.3) is 22.4 Å². The number of anilines is 1. The molecule has 0 aliphatic heterocycles. The summed E-state index contributed by atoms with van der Waals surface area (Å²) in [5.74, 6) is -0.209. The van der Waals surface area contributed by atoms with Crippen molar-refractivity contribution in [2.24, 2.45) is 0 Å². The minimum Gasteiger partial charge on any atom is -0.335 e. The van der Waals surface area contributed by atoms with E-state index in [2.05, 4.69) is 15.5 Å². The van der Waals surface area contributed by atoms with E-state index in [9.17, 15) is 4.79 Å². The number of nitrogens with zero attached hydrogens (tertiary/aromatic N) is 2. The summed E-state index contributed by atoms with van der Waals surface area (Å²) in [6, 6.07) is 17.3. The number of amides is 1. The van der Waals surface area contributed by atoms with Gasteiger partial charge in [-0.15, -0.1) is 0 Å². The molecule has 0 spiro atoms. The number of carbonyl (C=O) groups is 1. The predicted octanol–water partition coefficient (Wildman–Crippen LogP) is 5.07. The molecule has 0 atom stereocenters. The number of hydrogen-bond donors (Lipinski definition) is 1. The number of rotatable bonds is 3. The topological polar surface area (TPSA) is 68.0 Å². The number of hydrogen-bond acceptors (Lipinski definition) is 4. The van der Waals surface area contributed by atoms with Gasteiger partial charge in [-0.1, -0.05) is 47.6 Å². The van der Waals surface area contributed by atoms with Crippen molar-refractivity contribution in [3.63, 3.8) is 0 Å². The Bertz CT molecular complexity index is 1150. The minimum absolute atomic E-state index is 0.209. The van der Waals surface area contributed by atoms with Gasteiger partial charge in [-0.3, -0.25) is 4.79 Å². The summed E-state index contributed by atoms with van der Waals surface area (Å²) in [5.41, 5.74) is 6.04. The van der Waals surface area contributed by atoms with Crippen LogP contribution in [0, 0.1) is 20.8 Å². The largest absolute Gasteiger partial charge is 0.335 e. The average Bonchev–Trinajstić information content (AvgIpc) is 3.06. The van der Waals surface area contributed by atoms with Gasteiger partial charge in [0.25, 0.3) is 11.6 Å². The van der Waals surface area contributed by atoms with Gasteiger partial charge in [-0.25, -0.2) is 4.98 Å². The summed E-state index contributed by atoms with van der Waals surface area (Å²) in [4.78, 5) is 17.7. The van der Waals surface area contributed by atoms with Crippen LogP contribution in [0.3, 0.4) is 0 Å². The van der Waals surface area contributed by atoms with Crippen LogP contribution in [0.1, 0.15) is 27.2 Å². The number of carbonyl (C=O) groups excluding carboxylic acids is 1. The molecule has 2 aromatic carbocycles. The van der Waals surface area contributed by atoms with E-state index >= 15 is 0 Å². The maximum absolute atomic E-state index is 13.1. The lowest BCUT2D eigenvalue weighted by atomic mass is 10.0. The van der Waals surface area contributed by atoms with Crippen LogP contribution in [0.15, 0.2) is 59.1 Å². The lowest BCUT2D eigenvalue weighted by Gasteiger charge is -2.11. The van der Waals surface area contributed by atoms with E-state index in [-0.39, 0.29) is 5.91 Å². The van der Waals surface area contributed by atoms with E-state index in [1.165, 1.54) is 0 Å². The van der Waals surface area contributed by atoms with Crippen LogP contribution in [0.4, 0.5) is 5.69 Å². The first kappa shape index (κ1) is 17.0. The Morgan fingerprint density at radius 2 is 1.78 bits per heavy atom. The third-order valence-electron chi connectivity index (χ3n) is 4.78. The summed E-state index contributed by atoms with van der Waals surface area (Å²) < 4.78 is 5.35. The zero-order valence-electron chi connectivity index (χ0n) is 15.4. The standard InChI is InChI=1S/C22H19N3O2/c1-13-8-7-11-18(14(13)2)23-21(26)17-12-19(16-9-5-4-6-10-16)24-22-20(17)15(3)25-27-22/h4-12H,1-3H3,(H,23,26). The van der Waals surface area contributed by atoms with Crippen LogP contribution >= 0.6 is 0 Å². The van der Waals surface area contributed by atoms with Crippen molar-refractivity contribution in [3.05, 3.63) is 77.0 Å². The number of pyridine rings is 1. The molecule has 27 heavy (non-hydrogen) atoms. The summed E-state index contributed by atoms with van der Waals surface area (Å²) >= 11 is 0. The van der Waals surface area contributed by atoms with Crippen molar-refractivity contribution >= 4 is 22.7 Å². The Labute approximate surface area is 157 Å². The third kappa shape index (κ3) is 3.08. The molecule has 2 aromatic heterocycles. The summed E-state index contributed by atoms with van der Waals surface area (Å²) in [7, 11) is 0. The second-order valence-corrected chi connectivity index (χ2v) is 6.57. The van der Waals surface area contributed by atoms with E-state index in [1.54, 1.807) is 6.07 Å². The first-order chi connectivity index (χ1) is 13.0. The Morgan fingerprint density at radius 1 is 1.00 bits per heavy atom. The Kier molecular flexibility index (Phi) is 4.20. The zero-order chi connectivity index (χ0) is 19.0. The van der Waals surface area contributed by atoms with Gasteiger partial charge in [0.1, 0.15) is 0 Å². The molecule has 1 N–H and O–H groups in total. The van der Waals surface area contributed by atoms with Crippen LogP contribution in [-0.4, -0.2) is 16.0 Å². The lowest BCUT2D eigenvalue weighted by Crippen LogP contribution is -2.14. The molecule has 4 aromatic rings. The number of fused-ring (bicyclic) bond motifs is 1. The molecule has 0 unspecified atom stereocenters. The van der Waals surface area contributed by atoms with Crippen molar-refractivity contribution < 1.29 is 9.32 Å². The monoisotopic (exact) mass is 357 g/mol. The van der Waals surface area contributed by atoms with Gasteiger partial charge in [0.2, 0.25) is 0 Å². The van der Waals surface area contributed by atoms with Crippen molar-refractivity contribution in [2.45, 2.75) is 20.8 Å². The first-order valence-corrected chi connectivity index (χ1v) is 8.74. The third-order valence-corrected chi connectivity index (χ3v) is 4.78. The van der Waals surface area contributed by atoms with E-state index in [0.29, 0.717) is 28.1 Å². The SMILES string of the molecule is Cc1cccc(NC(=O)c2cc(-c3ccccc3)nc3onc(C)c23)c1C. The van der Waals surface area contributed by atoms with Crippen molar-refractivity contribution in [1.82, 2.24) is 10.1 Å². The molecule has 0 aliphatic rings. The zero-order valence-corrected chi connectivity index (χ0v) is 15.4. The molecule has 0 bridgehead atoms. The number of nitrogens with one attached hydrogen (secondary N) is 1. The predicted molar refractivity (Wildman–Crippen MR) is 106 cm³/mol. The van der Waals surface area contributed by atoms with Crippen molar-refractivity contribution in [2.75, 3.05) is 5.32 Å². The molecule has 0 fully saturated rings. The normalized spacial score (nSPS) is 10.9. The molecule has 0 saturated heterocycles. The maximum Gasteiger partial charge on any atom is 0.259 e. The maximum atomic E-state index is 13.1. The van der Waals surface area contributed by atoms with Crippen LogP contribution in [0.5, 0.6) is 0 Å². The minimum atomic E-state index is -0.209. The second kappa shape index (κ2) is 6.68. The fourth-order valence-electron chi connectivity index (χ4n) is 3.11. The van der Waals surface area contributed by atoms with Gasteiger partial charge < -0.3 is 9.84 Å². The second-order valence-electron chi connectivity index (χ2n) is 6.57. The van der Waals surface area contributed by atoms with Crippen LogP contribution in [0.2, 0.25) is 0 Å². The summed E-state index contributed by atoms with van der Waals surface area (Å²) in [5, 5.41) is 7.65. The summed E-state index contributed by atoms with van der Waals surface area (Å²) in [6.07, 6.45) is 0. The van der Waals surface area contributed by atoms with Crippen molar-refractivity contribution in [3.8, 4) is 11.3 Å². The molecule has 1 amide bonds. The van der Waals surface area contributed by atoms with Gasteiger partial charge in [0.05, 0.1) is 22.3 Å². The molecular weight excluding hydrogens is 338 g/mol. The highest BCUT2D eigenvalue weighted by atomic mass is 16.5. The van der Waals surface area contributed by atoms with Gasteiger partial charge in [0, 0.05) is 11.3 Å². The lowest BCUT2D eigenvalue weighted by molar-refractivity contribution is 0.102. The fraction of sp³-hybridized carbons (Fsp3) is 0.136. The Hall–Kier alpha value is -3.47. The van der Waals surface area contributed by atoms with Gasteiger partial charge in [0.15, 0.2) is 0 Å². The quantitative estimate of drug-likeness (QED) is 0.556. The highest BCUT2D eigenvalue weighted by Gasteiger charge is 2.20. The summed E-state index contributed by atoms with van der Waals surface area (Å²) in [6.45, 7) is 5.82. The number of aromatic nitrogens is 2. The average molecular weight is 357 g/mol. The molecule has 5 heteroatoms. The fourth-order valence-corrected chi connectivity index (χ4v) is 3.11. The number of aryl methyl sites for hydroxylation is 2. The molecule has 2 heterocycles. The van der Waals surface area contributed by atoms with E-state index < -0.39 is 0 Å². The Balaban J connectivity index is 1.83. The van der Waals surface area contributed by atoms with E-state index in [1.807, 2.05) is 69.3 Å².